The van der Waals surface area contributed by atoms with Gasteiger partial charge in [-0.15, -0.1) is 0 Å². The minimum atomic E-state index is -0.275. The van der Waals surface area contributed by atoms with Gasteiger partial charge in [0.2, 0.25) is 6.79 Å². The molecule has 1 aliphatic rings. The summed E-state index contributed by atoms with van der Waals surface area (Å²) in [5, 5.41) is 9.93. The maximum atomic E-state index is 12.0. The molecule has 2 aromatic rings. The van der Waals surface area contributed by atoms with E-state index in [1.54, 1.807) is 18.2 Å². The summed E-state index contributed by atoms with van der Waals surface area (Å²) in [5.74, 6) is 1.33. The highest BCUT2D eigenvalue weighted by molar-refractivity contribution is 5.89. The third kappa shape index (κ3) is 2.98. The lowest BCUT2D eigenvalue weighted by Crippen LogP contribution is -2.28. The van der Waals surface area contributed by atoms with Crippen LogP contribution in [0.2, 0.25) is 0 Å². The fourth-order valence-corrected chi connectivity index (χ4v) is 2.22. The van der Waals surface area contributed by atoms with Crippen molar-refractivity contribution in [2.75, 3.05) is 12.1 Å². The molecule has 2 amide bonds. The van der Waals surface area contributed by atoms with E-state index in [4.69, 9.17) is 9.47 Å². The number of ether oxygens (including phenoxy) is 2. The van der Waals surface area contributed by atoms with Gasteiger partial charge in [-0.3, -0.25) is 4.68 Å². The molecular weight excluding hydrogens is 284 g/mol. The van der Waals surface area contributed by atoms with Gasteiger partial charge in [0.1, 0.15) is 0 Å². The molecule has 0 atom stereocenters. The molecule has 1 aliphatic heterocycles. The summed E-state index contributed by atoms with van der Waals surface area (Å²) < 4.78 is 12.4. The van der Waals surface area contributed by atoms with Crippen LogP contribution in [-0.4, -0.2) is 22.6 Å². The van der Waals surface area contributed by atoms with Crippen LogP contribution in [0.5, 0.6) is 11.5 Å². The molecule has 0 bridgehead atoms. The van der Waals surface area contributed by atoms with E-state index in [9.17, 15) is 4.79 Å². The molecule has 116 valence electrons. The van der Waals surface area contributed by atoms with Crippen molar-refractivity contribution >= 4 is 11.7 Å². The number of aromatic nitrogens is 2. The highest BCUT2D eigenvalue weighted by Crippen LogP contribution is 2.34. The zero-order valence-corrected chi connectivity index (χ0v) is 12.5. The van der Waals surface area contributed by atoms with Gasteiger partial charge >= 0.3 is 6.03 Å². The van der Waals surface area contributed by atoms with Crippen molar-refractivity contribution in [3.8, 4) is 11.5 Å². The number of hydrogen-bond acceptors (Lipinski definition) is 4. The Bertz CT molecular complexity index is 696. The first kappa shape index (κ1) is 14.2. The van der Waals surface area contributed by atoms with Crippen molar-refractivity contribution < 1.29 is 14.3 Å². The first-order valence-corrected chi connectivity index (χ1v) is 7.13. The third-order valence-electron chi connectivity index (χ3n) is 3.44. The van der Waals surface area contributed by atoms with E-state index >= 15 is 0 Å². The Labute approximate surface area is 128 Å². The molecule has 2 heterocycles. The summed E-state index contributed by atoms with van der Waals surface area (Å²) in [7, 11) is 0. The van der Waals surface area contributed by atoms with Gasteiger partial charge in [0.15, 0.2) is 11.5 Å². The van der Waals surface area contributed by atoms with Gasteiger partial charge in [0.05, 0.1) is 5.69 Å². The van der Waals surface area contributed by atoms with Gasteiger partial charge in [-0.05, 0) is 26.0 Å². The zero-order chi connectivity index (χ0) is 15.5. The minimum Gasteiger partial charge on any atom is -0.454 e. The van der Waals surface area contributed by atoms with Crippen LogP contribution in [0.25, 0.3) is 0 Å². The number of fused-ring (bicyclic) bond motifs is 1. The molecule has 7 heteroatoms. The van der Waals surface area contributed by atoms with Gasteiger partial charge in [-0.25, -0.2) is 4.79 Å². The number of urea groups is 1. The van der Waals surface area contributed by atoms with Crippen LogP contribution < -0.4 is 20.1 Å². The minimum absolute atomic E-state index is 0.214. The van der Waals surface area contributed by atoms with Crippen LogP contribution in [-0.2, 0) is 13.1 Å². The number of benzene rings is 1. The summed E-state index contributed by atoms with van der Waals surface area (Å²) in [6.07, 6.45) is 1.94. The van der Waals surface area contributed by atoms with E-state index in [1.165, 1.54) is 0 Å². The molecule has 2 N–H and O–H groups in total. The average molecular weight is 302 g/mol. The molecule has 0 saturated heterocycles. The topological polar surface area (TPSA) is 77.4 Å². The van der Waals surface area contributed by atoms with E-state index < -0.39 is 0 Å². The monoisotopic (exact) mass is 302 g/mol. The van der Waals surface area contributed by atoms with Gasteiger partial charge in [0, 0.05) is 36.6 Å². The van der Waals surface area contributed by atoms with E-state index in [0.29, 0.717) is 23.7 Å². The lowest BCUT2D eigenvalue weighted by molar-refractivity contribution is 0.174. The number of amides is 2. The first-order valence-electron chi connectivity index (χ1n) is 7.13. The van der Waals surface area contributed by atoms with Crippen molar-refractivity contribution in [3.05, 3.63) is 35.7 Å². The second-order valence-electron chi connectivity index (χ2n) is 4.97. The number of aryl methyl sites for hydroxylation is 2. The van der Waals surface area contributed by atoms with Crippen molar-refractivity contribution in [1.82, 2.24) is 15.1 Å². The Hall–Kier alpha value is -2.70. The van der Waals surface area contributed by atoms with Crippen LogP contribution in [0.4, 0.5) is 10.5 Å². The predicted molar refractivity (Wildman–Crippen MR) is 81.1 cm³/mol. The number of carbonyl (C=O) groups excluding carboxylic acids is 1. The quantitative estimate of drug-likeness (QED) is 0.908. The lowest BCUT2D eigenvalue weighted by atomic mass is 10.2. The smallest absolute Gasteiger partial charge is 0.319 e. The van der Waals surface area contributed by atoms with E-state index in [-0.39, 0.29) is 12.8 Å². The Kier molecular flexibility index (Phi) is 3.86. The van der Waals surface area contributed by atoms with Crippen molar-refractivity contribution in [2.45, 2.75) is 26.9 Å². The number of rotatable bonds is 4. The van der Waals surface area contributed by atoms with Crippen LogP contribution in [0.15, 0.2) is 24.4 Å². The molecule has 0 saturated carbocycles. The lowest BCUT2D eigenvalue weighted by Gasteiger charge is -2.07. The average Bonchev–Trinajstić information content (AvgIpc) is 3.11. The normalized spacial score (nSPS) is 12.3. The molecule has 1 aromatic heterocycles. The Morgan fingerprint density at radius 3 is 2.95 bits per heavy atom. The van der Waals surface area contributed by atoms with Crippen LogP contribution in [0.3, 0.4) is 0 Å². The third-order valence-corrected chi connectivity index (χ3v) is 3.44. The number of carbonyl (C=O) groups is 1. The van der Waals surface area contributed by atoms with Crippen molar-refractivity contribution in [1.29, 1.82) is 0 Å². The molecular formula is C15H18N4O3. The molecule has 0 unspecified atom stereocenters. The first-order chi connectivity index (χ1) is 10.7. The number of hydrogen-bond donors (Lipinski definition) is 2. The van der Waals surface area contributed by atoms with Crippen LogP contribution in [0, 0.1) is 6.92 Å². The Morgan fingerprint density at radius 1 is 1.36 bits per heavy atom. The molecule has 0 radical (unpaired) electrons. The van der Waals surface area contributed by atoms with E-state index in [1.807, 2.05) is 24.7 Å². The summed E-state index contributed by atoms with van der Waals surface area (Å²) in [4.78, 5) is 12.0. The maximum Gasteiger partial charge on any atom is 0.319 e. The molecule has 22 heavy (non-hydrogen) atoms. The van der Waals surface area contributed by atoms with Crippen LogP contribution >= 0.6 is 0 Å². The van der Waals surface area contributed by atoms with Gasteiger partial charge in [-0.2, -0.15) is 5.10 Å². The largest absolute Gasteiger partial charge is 0.454 e. The molecule has 3 rings (SSSR count). The fraction of sp³-hybridized carbons (Fsp3) is 0.333. The number of nitrogens with zero attached hydrogens (tertiary/aromatic N) is 2. The summed E-state index contributed by atoms with van der Waals surface area (Å²) in [6.45, 7) is 5.41. The second kappa shape index (κ2) is 5.97. The van der Waals surface area contributed by atoms with Gasteiger partial charge < -0.3 is 20.1 Å². The summed E-state index contributed by atoms with van der Waals surface area (Å²) in [5.41, 5.74) is 2.58. The second-order valence-corrected chi connectivity index (χ2v) is 4.97. The standard InChI is InChI=1S/C15H18N4O3/c1-3-19-8-11(10(2)18-19)7-16-15(20)17-12-4-5-13-14(6-12)22-9-21-13/h4-6,8H,3,7,9H2,1-2H3,(H2,16,17,20). The fourth-order valence-electron chi connectivity index (χ4n) is 2.22. The zero-order valence-electron chi connectivity index (χ0n) is 12.5. The molecule has 7 nitrogen and oxygen atoms in total. The molecule has 0 spiro atoms. The number of anilines is 1. The SMILES string of the molecule is CCn1cc(CNC(=O)Nc2ccc3c(c2)OCO3)c(C)n1. The Morgan fingerprint density at radius 2 is 2.18 bits per heavy atom. The van der Waals surface area contributed by atoms with Gasteiger partial charge in [-0.1, -0.05) is 0 Å². The van der Waals surface area contributed by atoms with Gasteiger partial charge in [0.25, 0.3) is 0 Å². The number of nitrogens with one attached hydrogen (secondary N) is 2. The predicted octanol–water partition coefficient (Wildman–Crippen LogP) is 2.26. The van der Waals surface area contributed by atoms with Crippen LogP contribution in [0.1, 0.15) is 18.2 Å². The Balaban J connectivity index is 1.57. The highest BCUT2D eigenvalue weighted by Gasteiger charge is 2.14. The van der Waals surface area contributed by atoms with Crippen molar-refractivity contribution in [2.24, 2.45) is 0 Å². The molecule has 0 fully saturated rings. The van der Waals surface area contributed by atoms with E-state index in [2.05, 4.69) is 15.7 Å². The highest BCUT2D eigenvalue weighted by atomic mass is 16.7. The van der Waals surface area contributed by atoms with Crippen molar-refractivity contribution in [3.63, 3.8) is 0 Å². The van der Waals surface area contributed by atoms with E-state index in [0.717, 1.165) is 17.8 Å². The molecule has 0 aliphatic carbocycles. The summed E-state index contributed by atoms with van der Waals surface area (Å²) in [6, 6.07) is 5.01. The molecule has 1 aromatic carbocycles. The summed E-state index contributed by atoms with van der Waals surface area (Å²) >= 11 is 0. The maximum absolute atomic E-state index is 12.0.